The molecule has 19 heavy (non-hydrogen) atoms. The quantitative estimate of drug-likeness (QED) is 0.755. The lowest BCUT2D eigenvalue weighted by Gasteiger charge is -2.19. The van der Waals surface area contributed by atoms with Gasteiger partial charge in [-0.15, -0.1) is 0 Å². The number of nitriles is 1. The fraction of sp³-hybridized carbons (Fsp3) is 0.385. The number of rotatable bonds is 5. The number of carbonyl (C=O) groups is 1. The van der Waals surface area contributed by atoms with Crippen molar-refractivity contribution in [1.29, 1.82) is 5.26 Å². The first kappa shape index (κ1) is 15.4. The van der Waals surface area contributed by atoms with Gasteiger partial charge in [0.2, 0.25) is 5.91 Å². The minimum absolute atomic E-state index is 0.179. The maximum atomic E-state index is 10.7. The second kappa shape index (κ2) is 7.10. The Hall–Kier alpha value is -1.61. The Morgan fingerprint density at radius 1 is 1.53 bits per heavy atom. The topological polar surface area (TPSA) is 93.3 Å². The third kappa shape index (κ3) is 4.52. The number of nitrogens with zero attached hydrogens (tertiary/aromatic N) is 1. The summed E-state index contributed by atoms with van der Waals surface area (Å²) in [6.07, 6.45) is -2.13. The van der Waals surface area contributed by atoms with Crippen LogP contribution in [0.2, 0.25) is 5.02 Å². The molecule has 1 aromatic rings. The van der Waals surface area contributed by atoms with E-state index in [4.69, 9.17) is 16.9 Å². The highest BCUT2D eigenvalue weighted by atomic mass is 35.5. The molecule has 2 unspecified atom stereocenters. The number of nitrogens with one attached hydrogen (secondary N) is 1. The molecule has 0 saturated heterocycles. The van der Waals surface area contributed by atoms with Crippen LogP contribution in [0, 0.1) is 11.3 Å². The van der Waals surface area contributed by atoms with Crippen molar-refractivity contribution >= 4 is 17.5 Å². The predicted molar refractivity (Wildman–Crippen MR) is 70.4 cm³/mol. The molecule has 0 aliphatic rings. The summed E-state index contributed by atoms with van der Waals surface area (Å²) >= 11 is 5.81. The molecule has 0 aliphatic carbocycles. The van der Waals surface area contributed by atoms with Gasteiger partial charge in [-0.2, -0.15) is 5.26 Å². The number of benzene rings is 1. The van der Waals surface area contributed by atoms with E-state index in [9.17, 15) is 15.0 Å². The molecule has 102 valence electrons. The van der Waals surface area contributed by atoms with Gasteiger partial charge in [0.05, 0.1) is 17.7 Å². The van der Waals surface area contributed by atoms with Gasteiger partial charge in [-0.1, -0.05) is 11.6 Å². The SMILES string of the molecule is CC(=O)NCCC(O)C(O)c1cc(Cl)ccc1C#N. The van der Waals surface area contributed by atoms with Crippen molar-refractivity contribution in [3.8, 4) is 6.07 Å². The molecule has 0 spiro atoms. The summed E-state index contributed by atoms with van der Waals surface area (Å²) in [6, 6.07) is 6.41. The molecule has 0 bridgehead atoms. The Bertz CT molecular complexity index is 499. The number of amides is 1. The second-order valence-electron chi connectivity index (χ2n) is 4.13. The molecule has 1 rings (SSSR count). The van der Waals surface area contributed by atoms with Crippen LogP contribution in [0.15, 0.2) is 18.2 Å². The molecule has 5 nitrogen and oxygen atoms in total. The smallest absolute Gasteiger partial charge is 0.216 e. The molecule has 0 aliphatic heterocycles. The van der Waals surface area contributed by atoms with E-state index >= 15 is 0 Å². The lowest BCUT2D eigenvalue weighted by Crippen LogP contribution is -2.28. The third-order valence-electron chi connectivity index (χ3n) is 2.63. The van der Waals surface area contributed by atoms with Gasteiger partial charge in [0, 0.05) is 24.1 Å². The fourth-order valence-electron chi connectivity index (χ4n) is 1.64. The van der Waals surface area contributed by atoms with E-state index in [1.807, 2.05) is 6.07 Å². The number of hydrogen-bond acceptors (Lipinski definition) is 4. The van der Waals surface area contributed by atoms with Crippen LogP contribution in [0.4, 0.5) is 0 Å². The average molecular weight is 283 g/mol. The summed E-state index contributed by atoms with van der Waals surface area (Å²) in [5, 5.41) is 31.7. The Morgan fingerprint density at radius 2 is 2.21 bits per heavy atom. The maximum absolute atomic E-state index is 10.7. The molecule has 1 amide bonds. The molecule has 0 aromatic heterocycles. The predicted octanol–water partition coefficient (Wildman–Crippen LogP) is 1.13. The molecule has 2 atom stereocenters. The highest BCUT2D eigenvalue weighted by Gasteiger charge is 2.21. The highest BCUT2D eigenvalue weighted by Crippen LogP contribution is 2.25. The van der Waals surface area contributed by atoms with Crippen molar-refractivity contribution in [2.45, 2.75) is 25.6 Å². The molecule has 0 fully saturated rings. The zero-order valence-electron chi connectivity index (χ0n) is 10.4. The summed E-state index contributed by atoms with van der Waals surface area (Å²) in [4.78, 5) is 10.7. The Labute approximate surface area is 116 Å². The average Bonchev–Trinajstić information content (AvgIpc) is 2.37. The molecule has 6 heteroatoms. The van der Waals surface area contributed by atoms with Gasteiger partial charge in [0.15, 0.2) is 0 Å². The van der Waals surface area contributed by atoms with Crippen LogP contribution < -0.4 is 5.32 Å². The monoisotopic (exact) mass is 282 g/mol. The van der Waals surface area contributed by atoms with Crippen LogP contribution in [0.5, 0.6) is 0 Å². The van der Waals surface area contributed by atoms with E-state index < -0.39 is 12.2 Å². The van der Waals surface area contributed by atoms with Gasteiger partial charge in [-0.05, 0) is 24.6 Å². The summed E-state index contributed by atoms with van der Waals surface area (Å²) in [7, 11) is 0. The van der Waals surface area contributed by atoms with Crippen molar-refractivity contribution in [3.63, 3.8) is 0 Å². The highest BCUT2D eigenvalue weighted by molar-refractivity contribution is 6.30. The largest absolute Gasteiger partial charge is 0.390 e. The van der Waals surface area contributed by atoms with E-state index in [1.165, 1.54) is 19.1 Å². The molecular formula is C13H15ClN2O3. The summed E-state index contributed by atoms with van der Waals surface area (Å²) in [5.41, 5.74) is 0.542. The third-order valence-corrected chi connectivity index (χ3v) is 2.87. The maximum Gasteiger partial charge on any atom is 0.216 e. The minimum atomic E-state index is -1.22. The van der Waals surface area contributed by atoms with E-state index in [2.05, 4.69) is 5.32 Å². The van der Waals surface area contributed by atoms with E-state index in [0.29, 0.717) is 5.02 Å². The van der Waals surface area contributed by atoms with Crippen molar-refractivity contribution in [2.24, 2.45) is 0 Å². The zero-order chi connectivity index (χ0) is 14.4. The molecular weight excluding hydrogens is 268 g/mol. The van der Waals surface area contributed by atoms with Crippen LogP contribution in [0.1, 0.15) is 30.6 Å². The molecule has 3 N–H and O–H groups in total. The van der Waals surface area contributed by atoms with Gasteiger partial charge in [0.25, 0.3) is 0 Å². The van der Waals surface area contributed by atoms with Crippen LogP contribution in [-0.2, 0) is 4.79 Å². The number of carbonyl (C=O) groups excluding carboxylic acids is 1. The Kier molecular flexibility index (Phi) is 5.77. The fourth-order valence-corrected chi connectivity index (χ4v) is 1.82. The minimum Gasteiger partial charge on any atom is -0.390 e. The Balaban J connectivity index is 2.76. The molecule has 0 heterocycles. The van der Waals surface area contributed by atoms with E-state index in [-0.39, 0.29) is 30.0 Å². The van der Waals surface area contributed by atoms with Gasteiger partial charge in [-0.25, -0.2) is 0 Å². The lowest BCUT2D eigenvalue weighted by molar-refractivity contribution is -0.119. The summed E-state index contributed by atoms with van der Waals surface area (Å²) < 4.78 is 0. The van der Waals surface area contributed by atoms with Crippen molar-refractivity contribution < 1.29 is 15.0 Å². The van der Waals surface area contributed by atoms with Crippen LogP contribution >= 0.6 is 11.6 Å². The Morgan fingerprint density at radius 3 is 2.79 bits per heavy atom. The van der Waals surface area contributed by atoms with Crippen LogP contribution in [0.25, 0.3) is 0 Å². The van der Waals surface area contributed by atoms with Crippen molar-refractivity contribution in [2.75, 3.05) is 6.54 Å². The summed E-state index contributed by atoms with van der Waals surface area (Å²) in [6.45, 7) is 1.61. The first-order valence-corrected chi connectivity index (χ1v) is 6.13. The molecule has 1 aromatic carbocycles. The zero-order valence-corrected chi connectivity index (χ0v) is 11.2. The molecule has 0 saturated carbocycles. The number of aliphatic hydroxyl groups excluding tert-OH is 2. The number of hydrogen-bond donors (Lipinski definition) is 3. The van der Waals surface area contributed by atoms with Crippen molar-refractivity contribution in [1.82, 2.24) is 5.32 Å². The van der Waals surface area contributed by atoms with Crippen molar-refractivity contribution in [3.05, 3.63) is 34.3 Å². The normalized spacial score (nSPS) is 13.4. The first-order valence-electron chi connectivity index (χ1n) is 5.75. The lowest BCUT2D eigenvalue weighted by atomic mass is 9.97. The van der Waals surface area contributed by atoms with Crippen LogP contribution in [0.3, 0.4) is 0 Å². The first-order chi connectivity index (χ1) is 8.95. The number of aliphatic hydroxyl groups is 2. The number of halogens is 1. The van der Waals surface area contributed by atoms with E-state index in [0.717, 1.165) is 0 Å². The second-order valence-corrected chi connectivity index (χ2v) is 4.56. The van der Waals surface area contributed by atoms with Gasteiger partial charge in [0.1, 0.15) is 6.10 Å². The molecule has 0 radical (unpaired) electrons. The van der Waals surface area contributed by atoms with Gasteiger partial charge < -0.3 is 15.5 Å². The standard InChI is InChI=1S/C13H15ClN2O3/c1-8(17)16-5-4-12(18)13(19)11-6-10(14)3-2-9(11)7-15/h2-3,6,12-13,18-19H,4-5H2,1H3,(H,16,17). The summed E-state index contributed by atoms with van der Waals surface area (Å²) in [5.74, 6) is -0.206. The van der Waals surface area contributed by atoms with E-state index in [1.54, 1.807) is 6.07 Å². The van der Waals surface area contributed by atoms with Gasteiger partial charge in [-0.3, -0.25) is 4.79 Å². The van der Waals surface area contributed by atoms with Crippen LogP contribution in [-0.4, -0.2) is 28.8 Å². The van der Waals surface area contributed by atoms with Gasteiger partial charge >= 0.3 is 0 Å².